The van der Waals surface area contributed by atoms with E-state index in [1.807, 2.05) is 18.2 Å². The molecule has 0 unspecified atom stereocenters. The van der Waals surface area contributed by atoms with Crippen LogP contribution in [0.1, 0.15) is 5.56 Å². The van der Waals surface area contributed by atoms with Crippen molar-refractivity contribution >= 4 is 17.9 Å². The van der Waals surface area contributed by atoms with Crippen molar-refractivity contribution < 1.29 is 14.3 Å². The number of carbonyl (C=O) groups excluding carboxylic acids is 1. The molecule has 4 rings (SSSR count). The summed E-state index contributed by atoms with van der Waals surface area (Å²) in [6.45, 7) is 0.250. The fourth-order valence-electron chi connectivity index (χ4n) is 2.15. The molecule has 0 saturated carbocycles. The Bertz CT molecular complexity index is 903. The Kier molecular flexibility index (Phi) is 2.53. The van der Waals surface area contributed by atoms with Gasteiger partial charge in [-0.3, -0.25) is 4.99 Å². The topological polar surface area (TPSA) is 72.6 Å². The third kappa shape index (κ3) is 2.16. The van der Waals surface area contributed by atoms with Gasteiger partial charge in [0.2, 0.25) is 6.79 Å². The summed E-state index contributed by atoms with van der Waals surface area (Å²) in [6.07, 6.45) is 1.72. The maximum atomic E-state index is 11.1. The molecule has 0 aromatic heterocycles. The average molecular weight is 279 g/mol. The van der Waals surface area contributed by atoms with E-state index in [9.17, 15) is 4.79 Å². The van der Waals surface area contributed by atoms with Crippen molar-refractivity contribution in [1.82, 2.24) is 0 Å². The van der Waals surface area contributed by atoms with Gasteiger partial charge in [-0.25, -0.2) is 4.79 Å². The van der Waals surface area contributed by atoms with E-state index in [-0.39, 0.29) is 6.79 Å². The number of rotatable bonds is 2. The van der Waals surface area contributed by atoms with Gasteiger partial charge in [-0.05, 0) is 42.0 Å². The highest BCUT2D eigenvalue weighted by molar-refractivity contribution is 5.83. The van der Waals surface area contributed by atoms with Gasteiger partial charge >= 0.3 is 6.03 Å². The van der Waals surface area contributed by atoms with Gasteiger partial charge in [0.25, 0.3) is 0 Å². The maximum absolute atomic E-state index is 11.1. The minimum absolute atomic E-state index is 0.250. The van der Waals surface area contributed by atoms with Gasteiger partial charge in [-0.2, -0.15) is 9.98 Å². The SMILES string of the molecule is O=C1N=c2ccc(N=Cc3ccc4c(c3)OCO4)cc2=N1. The molecule has 6 nitrogen and oxygen atoms in total. The highest BCUT2D eigenvalue weighted by Gasteiger charge is 2.12. The van der Waals surface area contributed by atoms with Crippen LogP contribution in [0, 0.1) is 0 Å². The Morgan fingerprint density at radius 2 is 1.86 bits per heavy atom. The molecule has 21 heavy (non-hydrogen) atoms. The van der Waals surface area contributed by atoms with E-state index in [0.29, 0.717) is 22.2 Å². The monoisotopic (exact) mass is 279 g/mol. The predicted molar refractivity (Wildman–Crippen MR) is 74.0 cm³/mol. The van der Waals surface area contributed by atoms with Gasteiger partial charge < -0.3 is 9.47 Å². The number of carbonyl (C=O) groups is 1. The predicted octanol–water partition coefficient (Wildman–Crippen LogP) is 1.54. The first-order valence-corrected chi connectivity index (χ1v) is 6.33. The van der Waals surface area contributed by atoms with Crippen LogP contribution in [0.5, 0.6) is 11.5 Å². The molecular formula is C15H9N3O3. The Hall–Kier alpha value is -3.02. The van der Waals surface area contributed by atoms with E-state index in [0.717, 1.165) is 11.3 Å². The van der Waals surface area contributed by atoms with Crippen molar-refractivity contribution in [3.05, 3.63) is 52.7 Å². The molecule has 0 atom stereocenters. The summed E-state index contributed by atoms with van der Waals surface area (Å²) in [4.78, 5) is 23.0. The Morgan fingerprint density at radius 1 is 1.00 bits per heavy atom. The number of fused-ring (bicyclic) bond motifs is 2. The average Bonchev–Trinajstić information content (AvgIpc) is 3.08. The number of amides is 2. The van der Waals surface area contributed by atoms with Crippen molar-refractivity contribution in [3.63, 3.8) is 0 Å². The molecule has 6 heteroatoms. The first-order chi connectivity index (χ1) is 10.3. The number of urea groups is 1. The van der Waals surface area contributed by atoms with Crippen LogP contribution in [0.25, 0.3) is 0 Å². The maximum Gasteiger partial charge on any atom is 0.368 e. The van der Waals surface area contributed by atoms with Crippen LogP contribution in [0.2, 0.25) is 0 Å². The molecule has 2 aromatic carbocycles. The van der Waals surface area contributed by atoms with Gasteiger partial charge in [0.05, 0.1) is 16.4 Å². The van der Waals surface area contributed by atoms with Crippen LogP contribution in [-0.4, -0.2) is 19.0 Å². The third-order valence-electron chi connectivity index (χ3n) is 3.15. The van der Waals surface area contributed by atoms with Crippen molar-refractivity contribution in [2.24, 2.45) is 15.0 Å². The van der Waals surface area contributed by atoms with Gasteiger partial charge in [0, 0.05) is 6.21 Å². The van der Waals surface area contributed by atoms with E-state index < -0.39 is 6.03 Å². The van der Waals surface area contributed by atoms with Crippen LogP contribution >= 0.6 is 0 Å². The summed E-state index contributed by atoms with van der Waals surface area (Å²) in [6, 6.07) is 10.4. The van der Waals surface area contributed by atoms with E-state index in [2.05, 4.69) is 15.0 Å². The van der Waals surface area contributed by atoms with Gasteiger partial charge in [0.1, 0.15) is 0 Å². The number of benzene rings is 2. The fraction of sp³-hybridized carbons (Fsp3) is 0.0667. The molecule has 0 fully saturated rings. The summed E-state index contributed by atoms with van der Waals surface area (Å²) >= 11 is 0. The molecule has 2 amide bonds. The number of hydrogen-bond donors (Lipinski definition) is 0. The Balaban J connectivity index is 1.65. The van der Waals surface area contributed by atoms with Crippen molar-refractivity contribution in [2.45, 2.75) is 0 Å². The van der Waals surface area contributed by atoms with Gasteiger partial charge in [-0.15, -0.1) is 0 Å². The first kappa shape index (κ1) is 11.8. The van der Waals surface area contributed by atoms with Gasteiger partial charge in [-0.1, -0.05) is 0 Å². The van der Waals surface area contributed by atoms with Crippen LogP contribution in [-0.2, 0) is 0 Å². The minimum atomic E-state index is -0.470. The third-order valence-corrected chi connectivity index (χ3v) is 3.15. The molecule has 0 bridgehead atoms. The lowest BCUT2D eigenvalue weighted by Gasteiger charge is -1.97. The second kappa shape index (κ2) is 4.52. The van der Waals surface area contributed by atoms with E-state index in [1.54, 1.807) is 24.4 Å². The minimum Gasteiger partial charge on any atom is -0.454 e. The Labute approximate surface area is 119 Å². The second-order valence-electron chi connectivity index (χ2n) is 4.55. The van der Waals surface area contributed by atoms with E-state index in [4.69, 9.17) is 9.47 Å². The van der Waals surface area contributed by atoms with Crippen molar-refractivity contribution in [3.8, 4) is 11.5 Å². The molecule has 2 aromatic rings. The van der Waals surface area contributed by atoms with Crippen LogP contribution in [0.4, 0.5) is 10.5 Å². The fourth-order valence-corrected chi connectivity index (χ4v) is 2.15. The zero-order valence-electron chi connectivity index (χ0n) is 10.8. The molecule has 2 aliphatic rings. The highest BCUT2D eigenvalue weighted by Crippen LogP contribution is 2.32. The standard InChI is InChI=1S/C15H9N3O3/c19-15-17-11-3-2-10(6-12(11)18-15)16-7-9-1-4-13-14(5-9)21-8-20-13/h1-7H,8H2. The largest absolute Gasteiger partial charge is 0.454 e. The summed E-state index contributed by atoms with van der Waals surface area (Å²) in [5.74, 6) is 1.45. The molecule has 0 N–H and O–H groups in total. The van der Waals surface area contributed by atoms with Crippen LogP contribution in [0.15, 0.2) is 51.4 Å². The smallest absolute Gasteiger partial charge is 0.368 e. The normalized spacial score (nSPS) is 15.0. The molecule has 0 spiro atoms. The summed E-state index contributed by atoms with van der Waals surface area (Å²) in [7, 11) is 0. The molecule has 2 heterocycles. The molecular weight excluding hydrogens is 270 g/mol. The zero-order valence-corrected chi connectivity index (χ0v) is 10.8. The molecule has 2 aliphatic heterocycles. The summed E-state index contributed by atoms with van der Waals surface area (Å²) < 4.78 is 10.6. The quantitative estimate of drug-likeness (QED) is 0.783. The number of nitrogens with zero attached hydrogens (tertiary/aromatic N) is 3. The second-order valence-corrected chi connectivity index (χ2v) is 4.55. The molecule has 0 radical (unpaired) electrons. The van der Waals surface area contributed by atoms with E-state index >= 15 is 0 Å². The van der Waals surface area contributed by atoms with Crippen LogP contribution in [0.3, 0.4) is 0 Å². The number of ether oxygens (including phenoxy) is 2. The van der Waals surface area contributed by atoms with Gasteiger partial charge in [0.15, 0.2) is 11.5 Å². The highest BCUT2D eigenvalue weighted by atomic mass is 16.7. The molecule has 102 valence electrons. The number of hydrogen-bond acceptors (Lipinski definition) is 4. The van der Waals surface area contributed by atoms with Crippen molar-refractivity contribution in [2.75, 3.05) is 6.79 Å². The lowest BCUT2D eigenvalue weighted by Crippen LogP contribution is -2.20. The first-order valence-electron chi connectivity index (χ1n) is 6.33. The summed E-state index contributed by atoms with van der Waals surface area (Å²) in [5, 5.41) is 1.14. The lowest BCUT2D eigenvalue weighted by molar-refractivity contribution is 0.174. The molecule has 0 saturated heterocycles. The summed E-state index contributed by atoms with van der Waals surface area (Å²) in [5.41, 5.74) is 1.61. The van der Waals surface area contributed by atoms with E-state index in [1.165, 1.54) is 0 Å². The van der Waals surface area contributed by atoms with Crippen LogP contribution < -0.4 is 20.2 Å². The zero-order chi connectivity index (χ0) is 14.2. The lowest BCUT2D eigenvalue weighted by atomic mass is 10.2. The number of aliphatic imine (C=N–C) groups is 1. The molecule has 0 aliphatic carbocycles. The van der Waals surface area contributed by atoms with Crippen molar-refractivity contribution in [1.29, 1.82) is 0 Å². The Morgan fingerprint density at radius 3 is 2.81 bits per heavy atom.